The molecule has 56 valence electrons. The number of carbonyl (C=O) groups is 1. The highest BCUT2D eigenvalue weighted by atomic mass is 16.1. The van der Waals surface area contributed by atoms with Crippen molar-refractivity contribution in [3.05, 3.63) is 0 Å². The van der Waals surface area contributed by atoms with E-state index in [9.17, 15) is 4.79 Å². The summed E-state index contributed by atoms with van der Waals surface area (Å²) in [5, 5.41) is 0. The molecule has 3 aliphatic rings. The van der Waals surface area contributed by atoms with E-state index in [1.165, 1.54) is 6.42 Å². The van der Waals surface area contributed by atoms with Gasteiger partial charge in [-0.05, 0) is 18.8 Å². The van der Waals surface area contributed by atoms with E-state index in [1.54, 1.807) is 0 Å². The summed E-state index contributed by atoms with van der Waals surface area (Å²) in [5.74, 6) is 1.67. The lowest BCUT2D eigenvalue weighted by Crippen LogP contribution is -2.57. The van der Waals surface area contributed by atoms with Gasteiger partial charge in [-0.1, -0.05) is 20.3 Å². The molecule has 0 N–H and O–H groups in total. The number of hydrogen-bond acceptors (Lipinski definition) is 1. The van der Waals surface area contributed by atoms with Crippen LogP contribution in [0.1, 0.15) is 33.1 Å². The summed E-state index contributed by atoms with van der Waals surface area (Å²) in [6.07, 6.45) is 3.58. The van der Waals surface area contributed by atoms with Crippen molar-refractivity contribution in [2.75, 3.05) is 0 Å². The van der Waals surface area contributed by atoms with Crippen LogP contribution >= 0.6 is 0 Å². The second-order valence-electron chi connectivity index (χ2n) is 4.07. The number of rotatable bonds is 0. The van der Waals surface area contributed by atoms with E-state index in [-0.39, 0.29) is 5.41 Å². The second kappa shape index (κ2) is 1.63. The van der Waals surface area contributed by atoms with Gasteiger partial charge in [0.05, 0.1) is 0 Å². The van der Waals surface area contributed by atoms with Crippen LogP contribution in [0, 0.1) is 17.3 Å². The Morgan fingerprint density at radius 3 is 2.60 bits per heavy atom. The summed E-state index contributed by atoms with van der Waals surface area (Å²) in [6.45, 7) is 4.36. The fourth-order valence-electron chi connectivity index (χ4n) is 2.64. The first-order valence-electron chi connectivity index (χ1n) is 4.20. The Labute approximate surface area is 61.8 Å². The SMILES string of the molecule is C[C@@H]1[C@@H]2CCC[C@@]1(C)C2=O. The van der Waals surface area contributed by atoms with E-state index in [2.05, 4.69) is 13.8 Å². The molecule has 0 aromatic carbocycles. The first kappa shape index (κ1) is 6.38. The summed E-state index contributed by atoms with van der Waals surface area (Å²) in [4.78, 5) is 11.4. The fraction of sp³-hybridized carbons (Fsp3) is 0.889. The van der Waals surface area contributed by atoms with Gasteiger partial charge < -0.3 is 0 Å². The third-order valence-electron chi connectivity index (χ3n) is 3.72. The Morgan fingerprint density at radius 2 is 2.30 bits per heavy atom. The van der Waals surface area contributed by atoms with Gasteiger partial charge in [0.15, 0.2) is 0 Å². The average molecular weight is 138 g/mol. The first-order chi connectivity index (χ1) is 4.66. The lowest BCUT2D eigenvalue weighted by molar-refractivity contribution is -0.161. The van der Waals surface area contributed by atoms with Gasteiger partial charge in [-0.2, -0.15) is 0 Å². The Morgan fingerprint density at radius 1 is 1.60 bits per heavy atom. The van der Waals surface area contributed by atoms with Crippen molar-refractivity contribution >= 4 is 5.78 Å². The predicted octanol–water partition coefficient (Wildman–Crippen LogP) is 2.01. The zero-order valence-electron chi connectivity index (χ0n) is 6.68. The third kappa shape index (κ3) is 0.480. The normalized spacial score (nSPS) is 52.4. The van der Waals surface area contributed by atoms with E-state index < -0.39 is 0 Å². The molecule has 0 radical (unpaired) electrons. The molecule has 0 aliphatic heterocycles. The number of hydrogen-bond donors (Lipinski definition) is 0. The molecule has 0 aromatic heterocycles. The van der Waals surface area contributed by atoms with Crippen LogP contribution in [0.25, 0.3) is 0 Å². The molecule has 3 rings (SSSR count). The van der Waals surface area contributed by atoms with Crippen LogP contribution in [0.15, 0.2) is 0 Å². The molecular formula is C9H14O. The molecule has 3 aliphatic carbocycles. The zero-order valence-corrected chi connectivity index (χ0v) is 6.68. The van der Waals surface area contributed by atoms with E-state index in [0.29, 0.717) is 17.6 Å². The molecule has 2 bridgehead atoms. The van der Waals surface area contributed by atoms with Crippen LogP contribution < -0.4 is 0 Å². The zero-order chi connectivity index (χ0) is 7.35. The molecule has 10 heavy (non-hydrogen) atoms. The van der Waals surface area contributed by atoms with Gasteiger partial charge in [-0.3, -0.25) is 4.79 Å². The van der Waals surface area contributed by atoms with Crippen molar-refractivity contribution in [1.29, 1.82) is 0 Å². The fourth-order valence-corrected chi connectivity index (χ4v) is 2.64. The Kier molecular flexibility index (Phi) is 1.04. The highest BCUT2D eigenvalue weighted by Crippen LogP contribution is 2.56. The number of Topliss-reactive ketones (excluding diaryl/α,β-unsaturated/α-hetero) is 1. The molecule has 1 nitrogen and oxygen atoms in total. The van der Waals surface area contributed by atoms with E-state index in [0.717, 1.165) is 12.8 Å². The van der Waals surface area contributed by atoms with Crippen LogP contribution in [-0.4, -0.2) is 5.78 Å². The summed E-state index contributed by atoms with van der Waals surface area (Å²) in [6, 6.07) is 0. The predicted molar refractivity (Wildman–Crippen MR) is 39.6 cm³/mol. The molecule has 3 saturated carbocycles. The standard InChI is InChI=1S/C9H14O/c1-6-7-4-3-5-9(6,2)8(7)10/h6-7H,3-5H2,1-2H3/t6-,7+,9-/m1/s1. The van der Waals surface area contributed by atoms with Crippen LogP contribution in [0.3, 0.4) is 0 Å². The van der Waals surface area contributed by atoms with E-state index in [4.69, 9.17) is 0 Å². The second-order valence-corrected chi connectivity index (χ2v) is 4.07. The van der Waals surface area contributed by atoms with Gasteiger partial charge in [-0.15, -0.1) is 0 Å². The van der Waals surface area contributed by atoms with Gasteiger partial charge in [0.2, 0.25) is 0 Å². The topological polar surface area (TPSA) is 17.1 Å². The number of carbonyl (C=O) groups excluding carboxylic acids is 1. The molecule has 0 amide bonds. The van der Waals surface area contributed by atoms with Crippen molar-refractivity contribution in [2.24, 2.45) is 17.3 Å². The molecule has 3 fully saturated rings. The lowest BCUT2D eigenvalue weighted by atomic mass is 9.48. The van der Waals surface area contributed by atoms with Crippen LogP contribution in [0.4, 0.5) is 0 Å². The van der Waals surface area contributed by atoms with Crippen molar-refractivity contribution in [2.45, 2.75) is 33.1 Å². The smallest absolute Gasteiger partial charge is 0.142 e. The van der Waals surface area contributed by atoms with Crippen LogP contribution in [0.2, 0.25) is 0 Å². The van der Waals surface area contributed by atoms with Crippen molar-refractivity contribution in [3.63, 3.8) is 0 Å². The van der Waals surface area contributed by atoms with Crippen molar-refractivity contribution in [3.8, 4) is 0 Å². The Bertz CT molecular complexity index is 185. The van der Waals surface area contributed by atoms with Gasteiger partial charge in [0, 0.05) is 11.3 Å². The van der Waals surface area contributed by atoms with Gasteiger partial charge >= 0.3 is 0 Å². The Balaban J connectivity index is 2.28. The van der Waals surface area contributed by atoms with Gasteiger partial charge in [0.1, 0.15) is 5.78 Å². The molecule has 1 heteroatoms. The minimum absolute atomic E-state index is 0.100. The molecule has 0 saturated heterocycles. The van der Waals surface area contributed by atoms with Gasteiger partial charge in [-0.25, -0.2) is 0 Å². The monoisotopic (exact) mass is 138 g/mol. The van der Waals surface area contributed by atoms with Crippen LogP contribution in [-0.2, 0) is 4.79 Å². The number of fused-ring (bicyclic) bond motifs is 2. The van der Waals surface area contributed by atoms with Gasteiger partial charge in [0.25, 0.3) is 0 Å². The maximum absolute atomic E-state index is 11.4. The highest BCUT2D eigenvalue weighted by molar-refractivity contribution is 5.94. The highest BCUT2D eigenvalue weighted by Gasteiger charge is 2.57. The maximum atomic E-state index is 11.4. The largest absolute Gasteiger partial charge is 0.299 e. The van der Waals surface area contributed by atoms with E-state index in [1.807, 2.05) is 0 Å². The minimum Gasteiger partial charge on any atom is -0.299 e. The maximum Gasteiger partial charge on any atom is 0.142 e. The minimum atomic E-state index is 0.100. The molecule has 0 heterocycles. The first-order valence-corrected chi connectivity index (χ1v) is 4.20. The molecule has 3 atom stereocenters. The quantitative estimate of drug-likeness (QED) is 0.500. The lowest BCUT2D eigenvalue weighted by Gasteiger charge is -2.54. The van der Waals surface area contributed by atoms with Crippen LogP contribution in [0.5, 0.6) is 0 Å². The Hall–Kier alpha value is -0.330. The average Bonchev–Trinajstić information content (AvgIpc) is 1.95. The summed E-state index contributed by atoms with van der Waals surface area (Å²) in [5.41, 5.74) is 0.100. The molecule has 0 spiro atoms. The van der Waals surface area contributed by atoms with E-state index >= 15 is 0 Å². The summed E-state index contributed by atoms with van der Waals surface area (Å²) >= 11 is 0. The number of ketones is 1. The summed E-state index contributed by atoms with van der Waals surface area (Å²) in [7, 11) is 0. The van der Waals surface area contributed by atoms with Crippen molar-refractivity contribution in [1.82, 2.24) is 0 Å². The summed E-state index contributed by atoms with van der Waals surface area (Å²) < 4.78 is 0. The third-order valence-corrected chi connectivity index (χ3v) is 3.72. The molecule has 0 aromatic rings. The molecular weight excluding hydrogens is 124 g/mol. The molecule has 0 unspecified atom stereocenters. The van der Waals surface area contributed by atoms with Crippen molar-refractivity contribution < 1.29 is 4.79 Å².